The van der Waals surface area contributed by atoms with Gasteiger partial charge in [-0.2, -0.15) is 5.10 Å². The van der Waals surface area contributed by atoms with Crippen molar-refractivity contribution in [2.45, 2.75) is 32.4 Å². The van der Waals surface area contributed by atoms with Crippen LogP contribution >= 0.6 is 0 Å². The minimum absolute atomic E-state index is 0.169. The number of nitrogens with zero attached hydrogens (tertiary/aromatic N) is 5. The monoisotopic (exact) mass is 491 g/mol. The number of aromatic nitrogens is 4. The normalized spacial score (nSPS) is 13.1. The van der Waals surface area contributed by atoms with Gasteiger partial charge in [0.2, 0.25) is 0 Å². The van der Waals surface area contributed by atoms with Gasteiger partial charge in [-0.05, 0) is 39.0 Å². The molecule has 0 aliphatic carbocycles. The van der Waals surface area contributed by atoms with Crippen molar-refractivity contribution in [3.05, 3.63) is 55.0 Å². The van der Waals surface area contributed by atoms with E-state index in [-0.39, 0.29) is 19.2 Å². The Balaban J connectivity index is 1.80. The summed E-state index contributed by atoms with van der Waals surface area (Å²) >= 11 is 0. The Morgan fingerprint density at radius 3 is 2.31 bits per heavy atom. The number of fused-ring (bicyclic) bond motifs is 1. The molecule has 2 aromatic heterocycles. The Morgan fingerprint density at radius 1 is 0.972 bits per heavy atom. The van der Waals surface area contributed by atoms with Gasteiger partial charge in [-0.15, -0.1) is 0 Å². The van der Waals surface area contributed by atoms with Gasteiger partial charge in [0.1, 0.15) is 17.1 Å². The van der Waals surface area contributed by atoms with Crippen molar-refractivity contribution in [3.8, 4) is 22.8 Å². The fourth-order valence-corrected chi connectivity index (χ4v) is 4.04. The van der Waals surface area contributed by atoms with Crippen molar-refractivity contribution < 1.29 is 19.3 Å². The SMILES string of the molecule is COC[C@@](C)(O)CN(c1cc(OC)cc(OC)c1)c1ccc2ncc(-c3cnn(C(C)C)c3)nc2c1. The smallest absolute Gasteiger partial charge is 0.124 e. The van der Waals surface area contributed by atoms with Crippen molar-refractivity contribution in [2.75, 3.05) is 39.4 Å². The summed E-state index contributed by atoms with van der Waals surface area (Å²) < 4.78 is 18.1. The van der Waals surface area contributed by atoms with Gasteiger partial charge >= 0.3 is 0 Å². The van der Waals surface area contributed by atoms with Gasteiger partial charge in [-0.1, -0.05) is 0 Å². The van der Waals surface area contributed by atoms with Crippen LogP contribution in [0, 0.1) is 0 Å². The third kappa shape index (κ3) is 5.58. The van der Waals surface area contributed by atoms with E-state index in [1.165, 1.54) is 0 Å². The van der Waals surface area contributed by atoms with E-state index in [1.807, 2.05) is 52.2 Å². The standard InChI is InChI=1S/C27H33N5O4/c1-18(2)32-15-19(13-29-32)26-14-28-24-8-7-20(11-25(24)30-26)31(16-27(3,33)17-34-4)21-9-22(35-5)12-23(10-21)36-6/h7-15,18,33H,16-17H2,1-6H3/t27-/m0/s1. The summed E-state index contributed by atoms with van der Waals surface area (Å²) in [4.78, 5) is 11.5. The van der Waals surface area contributed by atoms with Crippen molar-refractivity contribution in [2.24, 2.45) is 0 Å². The summed E-state index contributed by atoms with van der Waals surface area (Å²) in [7, 11) is 4.79. The molecule has 190 valence electrons. The second-order valence-corrected chi connectivity index (χ2v) is 9.32. The summed E-state index contributed by atoms with van der Waals surface area (Å²) in [6.45, 7) is 6.33. The molecule has 9 nitrogen and oxygen atoms in total. The van der Waals surface area contributed by atoms with Crippen LogP contribution in [0.1, 0.15) is 26.8 Å². The maximum Gasteiger partial charge on any atom is 0.124 e. The van der Waals surface area contributed by atoms with Gasteiger partial charge in [-0.3, -0.25) is 9.67 Å². The quantitative estimate of drug-likeness (QED) is 0.343. The zero-order chi connectivity index (χ0) is 25.9. The molecule has 0 spiro atoms. The highest BCUT2D eigenvalue weighted by Gasteiger charge is 2.26. The molecule has 0 amide bonds. The lowest BCUT2D eigenvalue weighted by Gasteiger charge is -2.33. The first-order chi connectivity index (χ1) is 17.2. The molecule has 0 bridgehead atoms. The topological polar surface area (TPSA) is 94.8 Å². The number of methoxy groups -OCH3 is 3. The second-order valence-electron chi connectivity index (χ2n) is 9.32. The van der Waals surface area contributed by atoms with E-state index in [2.05, 4.69) is 23.9 Å². The number of benzene rings is 2. The molecule has 0 fully saturated rings. The molecule has 2 aromatic carbocycles. The van der Waals surface area contributed by atoms with Crippen LogP contribution in [-0.4, -0.2) is 64.9 Å². The highest BCUT2D eigenvalue weighted by Crippen LogP contribution is 2.35. The lowest BCUT2D eigenvalue weighted by Crippen LogP contribution is -2.42. The lowest BCUT2D eigenvalue weighted by atomic mass is 10.1. The largest absolute Gasteiger partial charge is 0.497 e. The molecule has 4 aromatic rings. The van der Waals surface area contributed by atoms with Crippen LogP contribution in [0.15, 0.2) is 55.0 Å². The second kappa shape index (κ2) is 10.5. The number of aliphatic hydroxyl groups is 1. The van der Waals surface area contributed by atoms with Gasteiger partial charge in [-0.25, -0.2) is 4.98 Å². The summed E-state index contributed by atoms with van der Waals surface area (Å²) in [5.74, 6) is 1.29. The fraction of sp³-hybridized carbons (Fsp3) is 0.370. The highest BCUT2D eigenvalue weighted by atomic mass is 16.5. The highest BCUT2D eigenvalue weighted by molar-refractivity contribution is 5.82. The molecular weight excluding hydrogens is 458 g/mol. The molecule has 2 heterocycles. The van der Waals surface area contributed by atoms with E-state index in [4.69, 9.17) is 19.2 Å². The first-order valence-corrected chi connectivity index (χ1v) is 11.8. The van der Waals surface area contributed by atoms with Crippen LogP contribution in [0.5, 0.6) is 11.5 Å². The minimum atomic E-state index is -1.13. The van der Waals surface area contributed by atoms with Gasteiger partial charge in [0, 0.05) is 54.5 Å². The third-order valence-electron chi connectivity index (χ3n) is 5.87. The molecule has 9 heteroatoms. The van der Waals surface area contributed by atoms with E-state index < -0.39 is 5.60 Å². The van der Waals surface area contributed by atoms with E-state index >= 15 is 0 Å². The number of hydrogen-bond donors (Lipinski definition) is 1. The van der Waals surface area contributed by atoms with Gasteiger partial charge in [0.05, 0.1) is 56.5 Å². The number of anilines is 2. The molecular formula is C27H33N5O4. The van der Waals surface area contributed by atoms with Crippen LogP contribution < -0.4 is 14.4 Å². The van der Waals surface area contributed by atoms with Crippen LogP contribution in [0.25, 0.3) is 22.3 Å². The number of hydrogen-bond acceptors (Lipinski definition) is 8. The Hall–Kier alpha value is -3.69. The molecule has 1 atom stereocenters. The lowest BCUT2D eigenvalue weighted by molar-refractivity contribution is -0.00932. The van der Waals surface area contributed by atoms with Crippen molar-refractivity contribution in [3.63, 3.8) is 0 Å². The predicted molar refractivity (Wildman–Crippen MR) is 140 cm³/mol. The maximum atomic E-state index is 11.0. The molecule has 0 unspecified atom stereocenters. The van der Waals surface area contributed by atoms with Crippen LogP contribution in [0.4, 0.5) is 11.4 Å². The Morgan fingerprint density at radius 2 is 1.69 bits per heavy atom. The summed E-state index contributed by atoms with van der Waals surface area (Å²) in [6.07, 6.45) is 5.54. The van der Waals surface area contributed by atoms with Crippen LogP contribution in [-0.2, 0) is 4.74 Å². The summed E-state index contributed by atoms with van der Waals surface area (Å²) in [6, 6.07) is 11.7. The fourth-order valence-electron chi connectivity index (χ4n) is 4.04. The molecule has 0 saturated heterocycles. The Bertz CT molecular complexity index is 1310. The zero-order valence-electron chi connectivity index (χ0n) is 21.6. The zero-order valence-corrected chi connectivity index (χ0v) is 21.6. The summed E-state index contributed by atoms with van der Waals surface area (Å²) in [5.41, 5.74) is 3.65. The number of rotatable bonds is 10. The van der Waals surface area contributed by atoms with Crippen molar-refractivity contribution in [1.29, 1.82) is 0 Å². The van der Waals surface area contributed by atoms with E-state index in [0.717, 1.165) is 33.7 Å². The first-order valence-electron chi connectivity index (χ1n) is 11.8. The molecule has 0 aliphatic heterocycles. The van der Waals surface area contributed by atoms with Gasteiger partial charge in [0.15, 0.2) is 0 Å². The predicted octanol–water partition coefficient (Wildman–Crippen LogP) is 4.63. The maximum absolute atomic E-state index is 11.0. The molecule has 0 saturated carbocycles. The Kier molecular flexibility index (Phi) is 7.42. The molecule has 1 N–H and O–H groups in total. The van der Waals surface area contributed by atoms with Gasteiger partial charge in [0.25, 0.3) is 0 Å². The average molecular weight is 492 g/mol. The van der Waals surface area contributed by atoms with E-state index in [9.17, 15) is 5.11 Å². The van der Waals surface area contributed by atoms with E-state index in [0.29, 0.717) is 11.5 Å². The van der Waals surface area contributed by atoms with Crippen molar-refractivity contribution in [1.82, 2.24) is 19.7 Å². The van der Waals surface area contributed by atoms with Gasteiger partial charge < -0.3 is 24.2 Å². The first kappa shape index (κ1) is 25.4. The molecule has 4 rings (SSSR count). The minimum Gasteiger partial charge on any atom is -0.497 e. The summed E-state index contributed by atoms with van der Waals surface area (Å²) in [5, 5.41) is 15.5. The Labute approximate surface area is 211 Å². The number of ether oxygens (including phenoxy) is 3. The molecule has 0 radical (unpaired) electrons. The van der Waals surface area contributed by atoms with Crippen LogP contribution in [0.3, 0.4) is 0 Å². The van der Waals surface area contributed by atoms with Crippen LogP contribution in [0.2, 0.25) is 0 Å². The van der Waals surface area contributed by atoms with E-state index in [1.54, 1.807) is 40.6 Å². The third-order valence-corrected chi connectivity index (χ3v) is 5.87. The average Bonchev–Trinajstić information content (AvgIpc) is 3.37. The van der Waals surface area contributed by atoms with Crippen molar-refractivity contribution >= 4 is 22.4 Å². The molecule has 0 aliphatic rings. The molecule has 36 heavy (non-hydrogen) atoms.